The zero-order valence-corrected chi connectivity index (χ0v) is 8.45. The zero-order valence-electron chi connectivity index (χ0n) is 8.45. The number of ether oxygens (including phenoxy) is 1. The predicted octanol–water partition coefficient (Wildman–Crippen LogP) is 2.68. The largest absolute Gasteiger partial charge is 0.497 e. The quantitative estimate of drug-likeness (QED) is 0.625. The molecule has 0 radical (unpaired) electrons. The van der Waals surface area contributed by atoms with E-state index < -0.39 is 0 Å². The summed E-state index contributed by atoms with van der Waals surface area (Å²) in [6.07, 6.45) is 7.79. The molecule has 0 aromatic carbocycles. The van der Waals surface area contributed by atoms with Crippen molar-refractivity contribution in [3.63, 3.8) is 0 Å². The molecule has 2 heteroatoms. The highest BCUT2D eigenvalue weighted by atomic mass is 16.5. The molecular formula is C11H18O2. The van der Waals surface area contributed by atoms with Crippen molar-refractivity contribution in [2.75, 3.05) is 0 Å². The molecule has 13 heavy (non-hydrogen) atoms. The van der Waals surface area contributed by atoms with Crippen LogP contribution in [0.3, 0.4) is 0 Å². The first-order chi connectivity index (χ1) is 6.25. The first-order valence-corrected chi connectivity index (χ1v) is 5.11. The molecule has 2 nitrogen and oxygen atoms in total. The van der Waals surface area contributed by atoms with Gasteiger partial charge in [0.15, 0.2) is 5.78 Å². The fourth-order valence-electron chi connectivity index (χ4n) is 1.57. The zero-order chi connectivity index (χ0) is 9.68. The van der Waals surface area contributed by atoms with Crippen molar-refractivity contribution in [1.82, 2.24) is 0 Å². The number of hydrogen-bond acceptors (Lipinski definition) is 2. The van der Waals surface area contributed by atoms with Gasteiger partial charge in [0.05, 0.1) is 12.2 Å². The van der Waals surface area contributed by atoms with Crippen molar-refractivity contribution in [2.24, 2.45) is 5.92 Å². The van der Waals surface area contributed by atoms with Crippen LogP contribution in [0, 0.1) is 5.92 Å². The fourth-order valence-corrected chi connectivity index (χ4v) is 1.57. The van der Waals surface area contributed by atoms with Crippen molar-refractivity contribution < 1.29 is 9.53 Å². The van der Waals surface area contributed by atoms with E-state index in [4.69, 9.17) is 4.74 Å². The lowest BCUT2D eigenvalue weighted by Gasteiger charge is -2.24. The van der Waals surface area contributed by atoms with E-state index in [1.54, 1.807) is 6.26 Å². The molecule has 74 valence electrons. The SMILES string of the molecule is CCCCC[C@H]1OC=CC(=O)[C@H]1C. The Bertz CT molecular complexity index is 196. The van der Waals surface area contributed by atoms with Gasteiger partial charge in [0, 0.05) is 6.08 Å². The van der Waals surface area contributed by atoms with Gasteiger partial charge in [-0.05, 0) is 12.8 Å². The number of hydrogen-bond donors (Lipinski definition) is 0. The van der Waals surface area contributed by atoms with E-state index in [0.717, 1.165) is 12.8 Å². The van der Waals surface area contributed by atoms with Gasteiger partial charge >= 0.3 is 0 Å². The molecule has 0 aliphatic carbocycles. The number of carbonyl (C=O) groups excluding carboxylic acids is 1. The average molecular weight is 182 g/mol. The van der Waals surface area contributed by atoms with Gasteiger partial charge in [0.1, 0.15) is 6.10 Å². The molecule has 0 fully saturated rings. The van der Waals surface area contributed by atoms with Crippen LogP contribution in [0.15, 0.2) is 12.3 Å². The minimum atomic E-state index is 0.0434. The van der Waals surface area contributed by atoms with Crippen LogP contribution < -0.4 is 0 Å². The van der Waals surface area contributed by atoms with Crippen LogP contribution in [0.2, 0.25) is 0 Å². The van der Waals surface area contributed by atoms with E-state index in [9.17, 15) is 4.79 Å². The normalized spacial score (nSPS) is 27.4. The molecule has 0 amide bonds. The Labute approximate surface area is 80.0 Å². The van der Waals surface area contributed by atoms with Gasteiger partial charge in [-0.3, -0.25) is 4.79 Å². The van der Waals surface area contributed by atoms with Gasteiger partial charge in [0.25, 0.3) is 0 Å². The molecule has 2 atom stereocenters. The summed E-state index contributed by atoms with van der Waals surface area (Å²) in [5.41, 5.74) is 0. The van der Waals surface area contributed by atoms with E-state index in [1.807, 2.05) is 6.92 Å². The molecule has 0 N–H and O–H groups in total. The van der Waals surface area contributed by atoms with Gasteiger partial charge in [0.2, 0.25) is 0 Å². The Hall–Kier alpha value is -0.790. The smallest absolute Gasteiger partial charge is 0.165 e. The van der Waals surface area contributed by atoms with Gasteiger partial charge in [-0.2, -0.15) is 0 Å². The molecule has 1 aliphatic heterocycles. The van der Waals surface area contributed by atoms with Crippen molar-refractivity contribution in [1.29, 1.82) is 0 Å². The summed E-state index contributed by atoms with van der Waals surface area (Å²) < 4.78 is 5.41. The highest BCUT2D eigenvalue weighted by molar-refractivity contribution is 5.92. The second kappa shape index (κ2) is 5.05. The van der Waals surface area contributed by atoms with Crippen molar-refractivity contribution in [3.05, 3.63) is 12.3 Å². The molecule has 0 aromatic heterocycles. The number of ketones is 1. The summed E-state index contributed by atoms with van der Waals surface area (Å²) in [6, 6.07) is 0. The third-order valence-corrected chi connectivity index (χ3v) is 2.58. The van der Waals surface area contributed by atoms with E-state index in [2.05, 4.69) is 6.92 Å². The maximum Gasteiger partial charge on any atom is 0.165 e. The van der Waals surface area contributed by atoms with Crippen LogP contribution in [0.1, 0.15) is 39.5 Å². The maximum absolute atomic E-state index is 11.3. The number of carbonyl (C=O) groups is 1. The van der Waals surface area contributed by atoms with Crippen molar-refractivity contribution >= 4 is 5.78 Å². The van der Waals surface area contributed by atoms with Crippen LogP contribution in [0.5, 0.6) is 0 Å². The summed E-state index contributed by atoms with van der Waals surface area (Å²) in [5, 5.41) is 0. The van der Waals surface area contributed by atoms with Crippen LogP contribution >= 0.6 is 0 Å². The summed E-state index contributed by atoms with van der Waals surface area (Å²) >= 11 is 0. The molecular weight excluding hydrogens is 164 g/mol. The second-order valence-corrected chi connectivity index (χ2v) is 3.66. The standard InChI is InChI=1S/C11H18O2/c1-3-4-5-6-11-9(2)10(12)7-8-13-11/h7-9,11H,3-6H2,1-2H3/t9-,11-/m1/s1. The fraction of sp³-hybridized carbons (Fsp3) is 0.727. The lowest BCUT2D eigenvalue weighted by Crippen LogP contribution is -2.29. The topological polar surface area (TPSA) is 26.3 Å². The second-order valence-electron chi connectivity index (χ2n) is 3.66. The lowest BCUT2D eigenvalue weighted by atomic mass is 9.93. The number of allylic oxidation sites excluding steroid dienone is 1. The Morgan fingerprint density at radius 2 is 2.23 bits per heavy atom. The molecule has 0 bridgehead atoms. The molecule has 0 saturated carbocycles. The van der Waals surface area contributed by atoms with E-state index >= 15 is 0 Å². The molecule has 0 saturated heterocycles. The molecule has 1 rings (SSSR count). The first-order valence-electron chi connectivity index (χ1n) is 5.11. The van der Waals surface area contributed by atoms with Crippen molar-refractivity contribution in [2.45, 2.75) is 45.6 Å². The van der Waals surface area contributed by atoms with Gasteiger partial charge in [-0.25, -0.2) is 0 Å². The molecule has 0 aromatic rings. The van der Waals surface area contributed by atoms with Crippen molar-refractivity contribution in [3.8, 4) is 0 Å². The van der Waals surface area contributed by atoms with Crippen LogP contribution in [0.25, 0.3) is 0 Å². The molecule has 1 aliphatic rings. The highest BCUT2D eigenvalue weighted by Crippen LogP contribution is 2.20. The summed E-state index contributed by atoms with van der Waals surface area (Å²) in [6.45, 7) is 4.12. The molecule has 0 unspecified atom stereocenters. The van der Waals surface area contributed by atoms with Crippen LogP contribution in [-0.2, 0) is 9.53 Å². The van der Waals surface area contributed by atoms with E-state index in [0.29, 0.717) is 0 Å². The van der Waals surface area contributed by atoms with Crippen LogP contribution in [-0.4, -0.2) is 11.9 Å². The van der Waals surface area contributed by atoms with Gasteiger partial charge < -0.3 is 4.74 Å². The highest BCUT2D eigenvalue weighted by Gasteiger charge is 2.25. The maximum atomic E-state index is 11.3. The Kier molecular flexibility index (Phi) is 4.00. The number of rotatable bonds is 4. The Morgan fingerprint density at radius 1 is 1.46 bits per heavy atom. The monoisotopic (exact) mass is 182 g/mol. The van der Waals surface area contributed by atoms with Crippen LogP contribution in [0.4, 0.5) is 0 Å². The number of unbranched alkanes of at least 4 members (excludes halogenated alkanes) is 2. The van der Waals surface area contributed by atoms with E-state index in [1.165, 1.54) is 18.9 Å². The van der Waals surface area contributed by atoms with E-state index in [-0.39, 0.29) is 17.8 Å². The lowest BCUT2D eigenvalue weighted by molar-refractivity contribution is -0.123. The van der Waals surface area contributed by atoms with Gasteiger partial charge in [-0.1, -0.05) is 26.7 Å². The molecule has 0 spiro atoms. The molecule has 1 heterocycles. The summed E-state index contributed by atoms with van der Waals surface area (Å²) in [4.78, 5) is 11.3. The summed E-state index contributed by atoms with van der Waals surface area (Å²) in [5.74, 6) is 0.245. The minimum absolute atomic E-state index is 0.0434. The average Bonchev–Trinajstić information content (AvgIpc) is 2.13. The van der Waals surface area contributed by atoms with Gasteiger partial charge in [-0.15, -0.1) is 0 Å². The third kappa shape index (κ3) is 2.87. The third-order valence-electron chi connectivity index (χ3n) is 2.58. The Morgan fingerprint density at radius 3 is 2.92 bits per heavy atom. The first kappa shape index (κ1) is 10.3. The summed E-state index contributed by atoms with van der Waals surface area (Å²) in [7, 11) is 0. The minimum Gasteiger partial charge on any atom is -0.497 e. The Balaban J connectivity index is 2.33. The predicted molar refractivity (Wildman–Crippen MR) is 52.3 cm³/mol.